The van der Waals surface area contributed by atoms with E-state index in [1.54, 1.807) is 41.3 Å². The topological polar surface area (TPSA) is 104 Å². The van der Waals surface area contributed by atoms with Gasteiger partial charge in [-0.2, -0.15) is 18.2 Å². The van der Waals surface area contributed by atoms with E-state index in [0.717, 1.165) is 24.0 Å². The van der Waals surface area contributed by atoms with Crippen molar-refractivity contribution in [3.63, 3.8) is 0 Å². The number of halogens is 4. The number of piperidine rings is 1. The number of nitrogens with zero attached hydrogens (tertiary/aromatic N) is 4. The summed E-state index contributed by atoms with van der Waals surface area (Å²) in [6, 6.07) is 14.3. The molecule has 1 unspecified atom stereocenters. The molecular formula is C32H30F4N6O3. The van der Waals surface area contributed by atoms with E-state index < -0.39 is 35.3 Å². The van der Waals surface area contributed by atoms with Gasteiger partial charge in [0.2, 0.25) is 5.76 Å². The lowest BCUT2D eigenvalue weighted by atomic mass is 9.94. The first-order valence-electron chi connectivity index (χ1n) is 14.6. The number of hydrogen-bond donors (Lipinski definition) is 2. The smallest absolute Gasteiger partial charge is 0.417 e. The van der Waals surface area contributed by atoms with Crippen LogP contribution in [0.25, 0.3) is 0 Å². The number of anilines is 4. The minimum Gasteiger partial charge on any atom is -0.417 e. The zero-order valence-corrected chi connectivity index (χ0v) is 24.3. The van der Waals surface area contributed by atoms with Crippen molar-refractivity contribution in [2.75, 3.05) is 40.1 Å². The molecule has 13 heteroatoms. The van der Waals surface area contributed by atoms with Crippen molar-refractivity contribution in [2.45, 2.75) is 38.9 Å². The fourth-order valence-corrected chi connectivity index (χ4v) is 5.76. The second kappa shape index (κ2) is 12.2. The molecule has 2 N–H and O–H groups in total. The number of para-hydroxylation sites is 1. The summed E-state index contributed by atoms with van der Waals surface area (Å²) in [5.41, 5.74) is 1.15. The summed E-state index contributed by atoms with van der Waals surface area (Å²) in [5.74, 6) is -2.05. The number of aromatic nitrogens is 2. The van der Waals surface area contributed by atoms with Crippen molar-refractivity contribution in [2.24, 2.45) is 5.92 Å². The normalized spacial score (nSPS) is 16.7. The van der Waals surface area contributed by atoms with E-state index in [9.17, 15) is 27.2 Å². The van der Waals surface area contributed by atoms with Crippen molar-refractivity contribution in [3.8, 4) is 0 Å². The Hall–Kier alpha value is -4.94. The van der Waals surface area contributed by atoms with E-state index in [1.165, 1.54) is 18.3 Å². The molecule has 1 atom stereocenters. The highest BCUT2D eigenvalue weighted by Crippen LogP contribution is 2.35. The van der Waals surface area contributed by atoms with Gasteiger partial charge in [-0.1, -0.05) is 31.2 Å². The summed E-state index contributed by atoms with van der Waals surface area (Å²) in [5, 5.41) is 5.08. The number of carbonyl (C=O) groups excluding carboxylic acids is 2. The van der Waals surface area contributed by atoms with Gasteiger partial charge in [0.1, 0.15) is 11.6 Å². The standard InChI is InChI=1S/C32H30F4N6O3/c1-19-6-5-14-42(17-19)31-40-28(32(34,35)36)27(45-31)30(44)38-21-11-12-26(37-16-21)41-15-13-22-20(18-41)7-4-8-23(22)29(43)39-25-10-3-2-9-24(25)33/h2-4,7-12,16,19H,5-6,13-15,17-18H2,1H3,(H,38,44)(H,39,43). The van der Waals surface area contributed by atoms with Crippen LogP contribution in [0.1, 0.15) is 57.5 Å². The Kier molecular flexibility index (Phi) is 8.17. The molecule has 0 saturated carbocycles. The van der Waals surface area contributed by atoms with Crippen molar-refractivity contribution >= 4 is 35.0 Å². The van der Waals surface area contributed by atoms with Crippen LogP contribution >= 0.6 is 0 Å². The maximum Gasteiger partial charge on any atom is 0.437 e. The summed E-state index contributed by atoms with van der Waals surface area (Å²) >= 11 is 0. The number of oxazole rings is 1. The van der Waals surface area contributed by atoms with Gasteiger partial charge in [0.05, 0.1) is 17.6 Å². The first kappa shape index (κ1) is 30.1. The molecule has 4 heterocycles. The fourth-order valence-electron chi connectivity index (χ4n) is 5.76. The molecule has 9 nitrogen and oxygen atoms in total. The predicted molar refractivity (Wildman–Crippen MR) is 160 cm³/mol. The van der Waals surface area contributed by atoms with Crippen LogP contribution in [0.5, 0.6) is 0 Å². The Morgan fingerprint density at radius 1 is 0.978 bits per heavy atom. The van der Waals surface area contributed by atoms with Crippen LogP contribution < -0.4 is 20.4 Å². The lowest BCUT2D eigenvalue weighted by Crippen LogP contribution is -2.34. The van der Waals surface area contributed by atoms with Gasteiger partial charge in [0.25, 0.3) is 17.8 Å². The number of fused-ring (bicyclic) bond motifs is 1. The molecule has 2 aromatic heterocycles. The molecule has 0 aliphatic carbocycles. The quantitative estimate of drug-likeness (QED) is 0.236. The number of rotatable bonds is 6. The Balaban J connectivity index is 1.14. The Labute approximate surface area is 256 Å². The van der Waals surface area contributed by atoms with E-state index in [-0.39, 0.29) is 23.3 Å². The first-order valence-corrected chi connectivity index (χ1v) is 14.6. The fraction of sp³-hybridized carbons (Fsp3) is 0.312. The van der Waals surface area contributed by atoms with Gasteiger partial charge >= 0.3 is 6.18 Å². The number of hydrogen-bond acceptors (Lipinski definition) is 7. The SMILES string of the molecule is CC1CCCN(c2nc(C(F)(F)F)c(C(=O)Nc3ccc(N4CCc5c(cccc5C(=O)Nc5ccccc5F)C4)nc3)o2)C1. The van der Waals surface area contributed by atoms with Crippen molar-refractivity contribution in [1.82, 2.24) is 9.97 Å². The minimum atomic E-state index is -4.87. The summed E-state index contributed by atoms with van der Waals surface area (Å²) in [7, 11) is 0. The zero-order valence-electron chi connectivity index (χ0n) is 24.3. The summed E-state index contributed by atoms with van der Waals surface area (Å²) < 4.78 is 60.8. The van der Waals surface area contributed by atoms with Crippen molar-refractivity contribution in [1.29, 1.82) is 0 Å². The second-order valence-electron chi connectivity index (χ2n) is 11.3. The largest absolute Gasteiger partial charge is 0.437 e. The average Bonchev–Trinajstić information content (AvgIpc) is 3.49. The average molecular weight is 623 g/mol. The number of carbonyl (C=O) groups is 2. The van der Waals surface area contributed by atoms with Gasteiger partial charge in [-0.15, -0.1) is 0 Å². The molecule has 1 saturated heterocycles. The van der Waals surface area contributed by atoms with Gasteiger partial charge in [-0.05, 0) is 66.6 Å². The molecule has 2 aliphatic heterocycles. The summed E-state index contributed by atoms with van der Waals surface area (Å²) in [4.78, 5) is 37.6. The lowest BCUT2D eigenvalue weighted by molar-refractivity contribution is -0.141. The highest BCUT2D eigenvalue weighted by atomic mass is 19.4. The summed E-state index contributed by atoms with van der Waals surface area (Å²) in [6.07, 6.45) is -1.24. The first-order chi connectivity index (χ1) is 21.6. The number of pyridine rings is 1. The van der Waals surface area contributed by atoms with Gasteiger partial charge in [-0.3, -0.25) is 9.59 Å². The molecule has 6 rings (SSSR count). The Bertz CT molecular complexity index is 1720. The van der Waals surface area contributed by atoms with Gasteiger partial charge in [0.15, 0.2) is 5.69 Å². The highest BCUT2D eigenvalue weighted by Gasteiger charge is 2.42. The molecule has 0 spiro atoms. The van der Waals surface area contributed by atoms with Crippen LogP contribution in [0.2, 0.25) is 0 Å². The van der Waals surface area contributed by atoms with Crippen LogP contribution in [0, 0.1) is 11.7 Å². The van der Waals surface area contributed by atoms with Crippen LogP contribution in [-0.2, 0) is 19.1 Å². The zero-order chi connectivity index (χ0) is 31.7. The highest BCUT2D eigenvalue weighted by molar-refractivity contribution is 6.05. The molecule has 1 fully saturated rings. The van der Waals surface area contributed by atoms with Crippen LogP contribution in [0.3, 0.4) is 0 Å². The van der Waals surface area contributed by atoms with Gasteiger partial charge in [0, 0.05) is 31.7 Å². The molecule has 2 aromatic carbocycles. The number of nitrogens with one attached hydrogen (secondary N) is 2. The molecule has 2 aliphatic rings. The van der Waals surface area contributed by atoms with Crippen molar-refractivity contribution < 1.29 is 31.6 Å². The summed E-state index contributed by atoms with van der Waals surface area (Å²) in [6.45, 7) is 3.96. The van der Waals surface area contributed by atoms with Gasteiger partial charge < -0.3 is 24.9 Å². The number of amides is 2. The van der Waals surface area contributed by atoms with E-state index >= 15 is 0 Å². The maximum absolute atomic E-state index is 14.1. The Morgan fingerprint density at radius 2 is 1.80 bits per heavy atom. The molecule has 0 bridgehead atoms. The van der Waals surface area contributed by atoms with Crippen LogP contribution in [0.4, 0.5) is 40.8 Å². The molecule has 45 heavy (non-hydrogen) atoms. The lowest BCUT2D eigenvalue weighted by Gasteiger charge is -2.31. The maximum atomic E-state index is 14.1. The minimum absolute atomic E-state index is 0.101. The third-order valence-electron chi connectivity index (χ3n) is 7.98. The molecule has 4 aromatic rings. The van der Waals surface area contributed by atoms with E-state index in [4.69, 9.17) is 4.42 Å². The Morgan fingerprint density at radius 3 is 2.53 bits per heavy atom. The van der Waals surface area contributed by atoms with Crippen molar-refractivity contribution in [3.05, 3.63) is 94.8 Å². The number of alkyl halides is 3. The van der Waals surface area contributed by atoms with Gasteiger partial charge in [-0.25, -0.2) is 9.37 Å². The van der Waals surface area contributed by atoms with Crippen LogP contribution in [0.15, 0.2) is 65.2 Å². The molecule has 234 valence electrons. The molecule has 2 amide bonds. The van der Waals surface area contributed by atoms with E-state index in [1.807, 2.05) is 17.9 Å². The number of benzene rings is 2. The predicted octanol–water partition coefficient (Wildman–Crippen LogP) is 6.53. The third-order valence-corrected chi connectivity index (χ3v) is 7.98. The van der Waals surface area contributed by atoms with E-state index in [0.29, 0.717) is 44.0 Å². The van der Waals surface area contributed by atoms with Crippen LogP contribution in [-0.4, -0.2) is 41.4 Å². The monoisotopic (exact) mass is 622 g/mol. The third kappa shape index (κ3) is 6.47. The van der Waals surface area contributed by atoms with E-state index in [2.05, 4.69) is 20.6 Å². The molecular weight excluding hydrogens is 592 g/mol. The molecule has 0 radical (unpaired) electrons. The second-order valence-corrected chi connectivity index (χ2v) is 11.3.